The standard InChI is InChI=1S/C20H17NO3S/c1-25(23,24)17-13-11-16(12-14-17)21-20(22)19-10-6-5-9-18(19)15-7-3-2-4-8-15/h2-14H,1H3,(H,21,22). The van der Waals surface area contributed by atoms with Gasteiger partial charge in [0.1, 0.15) is 0 Å². The monoisotopic (exact) mass is 351 g/mol. The number of rotatable bonds is 4. The van der Waals surface area contributed by atoms with Crippen LogP contribution in [0, 0.1) is 0 Å². The molecular weight excluding hydrogens is 334 g/mol. The first kappa shape index (κ1) is 16.9. The Labute approximate surface area is 147 Å². The highest BCUT2D eigenvalue weighted by atomic mass is 32.2. The van der Waals surface area contributed by atoms with Gasteiger partial charge in [-0.25, -0.2) is 8.42 Å². The van der Waals surface area contributed by atoms with E-state index >= 15 is 0 Å². The number of hydrogen-bond acceptors (Lipinski definition) is 3. The molecule has 0 saturated carbocycles. The van der Waals surface area contributed by atoms with Gasteiger partial charge in [-0.15, -0.1) is 0 Å². The minimum atomic E-state index is -3.26. The Morgan fingerprint density at radius 1 is 0.800 bits per heavy atom. The molecule has 3 aromatic carbocycles. The first-order chi connectivity index (χ1) is 11.9. The molecular formula is C20H17NO3S. The third-order valence-electron chi connectivity index (χ3n) is 3.80. The van der Waals surface area contributed by atoms with Crippen LogP contribution >= 0.6 is 0 Å². The van der Waals surface area contributed by atoms with Crippen molar-refractivity contribution in [3.8, 4) is 11.1 Å². The van der Waals surface area contributed by atoms with Crippen LogP contribution < -0.4 is 5.32 Å². The van der Waals surface area contributed by atoms with Crippen molar-refractivity contribution in [2.24, 2.45) is 0 Å². The van der Waals surface area contributed by atoms with E-state index < -0.39 is 9.84 Å². The summed E-state index contributed by atoms with van der Waals surface area (Å²) in [5.74, 6) is -0.244. The number of benzene rings is 3. The average Bonchev–Trinajstić information content (AvgIpc) is 2.62. The summed E-state index contributed by atoms with van der Waals surface area (Å²) in [6, 6.07) is 23.2. The molecule has 0 atom stereocenters. The van der Waals surface area contributed by atoms with Crippen LogP contribution in [0.3, 0.4) is 0 Å². The quantitative estimate of drug-likeness (QED) is 0.772. The summed E-state index contributed by atoms with van der Waals surface area (Å²) in [5.41, 5.74) is 2.90. The molecule has 1 amide bonds. The molecule has 0 saturated heterocycles. The van der Waals surface area contributed by atoms with Crippen molar-refractivity contribution in [2.45, 2.75) is 4.90 Å². The van der Waals surface area contributed by atoms with Gasteiger partial charge in [-0.2, -0.15) is 0 Å². The third kappa shape index (κ3) is 3.95. The molecule has 3 aromatic rings. The van der Waals surface area contributed by atoms with Gasteiger partial charge in [-0.05, 0) is 41.5 Å². The number of nitrogens with one attached hydrogen (secondary N) is 1. The zero-order valence-electron chi connectivity index (χ0n) is 13.6. The number of amides is 1. The first-order valence-corrected chi connectivity index (χ1v) is 9.60. The third-order valence-corrected chi connectivity index (χ3v) is 4.93. The van der Waals surface area contributed by atoms with Gasteiger partial charge < -0.3 is 5.32 Å². The Bertz CT molecular complexity index is 995. The Morgan fingerprint density at radius 2 is 1.40 bits per heavy atom. The molecule has 0 heterocycles. The zero-order valence-corrected chi connectivity index (χ0v) is 14.5. The van der Waals surface area contributed by atoms with Gasteiger partial charge >= 0.3 is 0 Å². The Balaban J connectivity index is 1.88. The maximum absolute atomic E-state index is 12.7. The zero-order chi connectivity index (χ0) is 17.9. The number of carbonyl (C=O) groups is 1. The number of sulfone groups is 1. The maximum Gasteiger partial charge on any atom is 0.256 e. The van der Waals surface area contributed by atoms with E-state index in [4.69, 9.17) is 0 Å². The molecule has 4 nitrogen and oxygen atoms in total. The topological polar surface area (TPSA) is 63.2 Å². The molecule has 0 aliphatic heterocycles. The second-order valence-corrected chi connectivity index (χ2v) is 7.68. The van der Waals surface area contributed by atoms with E-state index in [1.807, 2.05) is 48.5 Å². The van der Waals surface area contributed by atoms with Crippen molar-refractivity contribution in [1.29, 1.82) is 0 Å². The van der Waals surface area contributed by atoms with Crippen LogP contribution in [0.5, 0.6) is 0 Å². The second kappa shape index (κ2) is 6.91. The molecule has 25 heavy (non-hydrogen) atoms. The van der Waals surface area contributed by atoms with Crippen LogP contribution in [0.25, 0.3) is 11.1 Å². The van der Waals surface area contributed by atoms with E-state index in [-0.39, 0.29) is 10.8 Å². The number of carbonyl (C=O) groups excluding carboxylic acids is 1. The van der Waals surface area contributed by atoms with E-state index in [0.717, 1.165) is 17.4 Å². The Morgan fingerprint density at radius 3 is 2.04 bits per heavy atom. The van der Waals surface area contributed by atoms with Crippen molar-refractivity contribution in [3.63, 3.8) is 0 Å². The van der Waals surface area contributed by atoms with Crippen molar-refractivity contribution in [1.82, 2.24) is 0 Å². The largest absolute Gasteiger partial charge is 0.322 e. The highest BCUT2D eigenvalue weighted by molar-refractivity contribution is 7.90. The van der Waals surface area contributed by atoms with E-state index in [2.05, 4.69) is 5.32 Å². The number of hydrogen-bond donors (Lipinski definition) is 1. The molecule has 0 aliphatic rings. The van der Waals surface area contributed by atoms with E-state index in [1.54, 1.807) is 18.2 Å². The number of anilines is 1. The summed E-state index contributed by atoms with van der Waals surface area (Å²) in [5, 5.41) is 2.81. The summed E-state index contributed by atoms with van der Waals surface area (Å²) < 4.78 is 23.0. The Hall–Kier alpha value is -2.92. The molecule has 0 radical (unpaired) electrons. The smallest absolute Gasteiger partial charge is 0.256 e. The van der Waals surface area contributed by atoms with Gasteiger partial charge in [0.15, 0.2) is 9.84 Å². The van der Waals surface area contributed by atoms with Gasteiger partial charge in [-0.3, -0.25) is 4.79 Å². The lowest BCUT2D eigenvalue weighted by molar-refractivity contribution is 0.102. The highest BCUT2D eigenvalue weighted by Gasteiger charge is 2.13. The molecule has 0 aliphatic carbocycles. The fraction of sp³-hybridized carbons (Fsp3) is 0.0500. The van der Waals surface area contributed by atoms with E-state index in [0.29, 0.717) is 11.3 Å². The van der Waals surface area contributed by atoms with Crippen LogP contribution in [0.2, 0.25) is 0 Å². The molecule has 0 unspecified atom stereocenters. The molecule has 126 valence electrons. The van der Waals surface area contributed by atoms with Gasteiger partial charge in [0.05, 0.1) is 4.90 Å². The van der Waals surface area contributed by atoms with Gasteiger partial charge in [-0.1, -0.05) is 48.5 Å². The molecule has 0 spiro atoms. The summed E-state index contributed by atoms with van der Waals surface area (Å²) in [7, 11) is -3.26. The molecule has 3 rings (SSSR count). The lowest BCUT2D eigenvalue weighted by Gasteiger charge is -2.11. The maximum atomic E-state index is 12.7. The lowest BCUT2D eigenvalue weighted by Crippen LogP contribution is -2.13. The van der Waals surface area contributed by atoms with Crippen molar-refractivity contribution >= 4 is 21.4 Å². The van der Waals surface area contributed by atoms with Crippen molar-refractivity contribution in [2.75, 3.05) is 11.6 Å². The lowest BCUT2D eigenvalue weighted by atomic mass is 9.99. The summed E-state index contributed by atoms with van der Waals surface area (Å²) in [6.45, 7) is 0. The highest BCUT2D eigenvalue weighted by Crippen LogP contribution is 2.24. The SMILES string of the molecule is CS(=O)(=O)c1ccc(NC(=O)c2ccccc2-c2ccccc2)cc1. The van der Waals surface area contributed by atoms with E-state index in [9.17, 15) is 13.2 Å². The average molecular weight is 351 g/mol. The van der Waals surface area contributed by atoms with Crippen molar-refractivity contribution in [3.05, 3.63) is 84.4 Å². The minimum absolute atomic E-state index is 0.218. The van der Waals surface area contributed by atoms with Crippen LogP contribution in [0.4, 0.5) is 5.69 Å². The summed E-state index contributed by atoms with van der Waals surface area (Å²) in [4.78, 5) is 12.9. The van der Waals surface area contributed by atoms with Crippen LogP contribution in [0.1, 0.15) is 10.4 Å². The molecule has 0 bridgehead atoms. The summed E-state index contributed by atoms with van der Waals surface area (Å²) >= 11 is 0. The molecule has 5 heteroatoms. The van der Waals surface area contributed by atoms with Gasteiger partial charge in [0, 0.05) is 17.5 Å². The normalized spacial score (nSPS) is 11.1. The molecule has 0 fully saturated rings. The fourth-order valence-electron chi connectivity index (χ4n) is 2.53. The molecule has 1 N–H and O–H groups in total. The van der Waals surface area contributed by atoms with Crippen molar-refractivity contribution < 1.29 is 13.2 Å². The van der Waals surface area contributed by atoms with Crippen LogP contribution in [-0.4, -0.2) is 20.6 Å². The predicted molar refractivity (Wildman–Crippen MR) is 99.4 cm³/mol. The molecule has 0 aromatic heterocycles. The second-order valence-electron chi connectivity index (χ2n) is 5.66. The summed E-state index contributed by atoms with van der Waals surface area (Å²) in [6.07, 6.45) is 1.15. The fourth-order valence-corrected chi connectivity index (χ4v) is 3.16. The van der Waals surface area contributed by atoms with Gasteiger partial charge in [0.25, 0.3) is 5.91 Å². The minimum Gasteiger partial charge on any atom is -0.322 e. The predicted octanol–water partition coefficient (Wildman–Crippen LogP) is 4.01. The van der Waals surface area contributed by atoms with Crippen LogP contribution in [-0.2, 0) is 9.84 Å². The van der Waals surface area contributed by atoms with E-state index in [1.165, 1.54) is 12.1 Å². The Kier molecular flexibility index (Phi) is 4.67. The first-order valence-electron chi connectivity index (χ1n) is 7.71. The van der Waals surface area contributed by atoms with Gasteiger partial charge in [0.2, 0.25) is 0 Å². The van der Waals surface area contributed by atoms with Crippen LogP contribution in [0.15, 0.2) is 83.8 Å².